The zero-order chi connectivity index (χ0) is 25.5. The molecule has 3 rings (SSSR count). The van der Waals surface area contributed by atoms with Gasteiger partial charge < -0.3 is 9.47 Å². The largest absolute Gasteiger partial charge is 0.573 e. The summed E-state index contributed by atoms with van der Waals surface area (Å²) in [5.74, 6) is -1.32. The molecule has 0 saturated heterocycles. The van der Waals surface area contributed by atoms with Crippen molar-refractivity contribution in [2.75, 3.05) is 0 Å². The Hall–Kier alpha value is -2.38. The predicted molar refractivity (Wildman–Crippen MR) is 122 cm³/mol. The highest BCUT2D eigenvalue weighted by Crippen LogP contribution is 2.36. The highest BCUT2D eigenvalue weighted by molar-refractivity contribution is 5.33. The molecule has 1 aliphatic carbocycles. The molecule has 1 fully saturated rings. The van der Waals surface area contributed by atoms with E-state index in [1.165, 1.54) is 63.5 Å². The first-order valence-electron chi connectivity index (χ1n) is 12.3. The van der Waals surface area contributed by atoms with Gasteiger partial charge in [0.15, 0.2) is 11.6 Å². The molecule has 0 N–H and O–H groups in total. The standard InChI is InChI=1S/C27H32F6O2/c1-2-3-4-5-19-6-8-20(9-7-19)10-11-21-12-15-23(16-13-21)34-26(29,30)22-14-17-25(24(28)18-22)35-27(31,32)33/h12-20H,2-11H2,1H3. The van der Waals surface area contributed by atoms with E-state index in [1.807, 2.05) is 0 Å². The van der Waals surface area contributed by atoms with Gasteiger partial charge >= 0.3 is 12.5 Å². The number of hydrogen-bond donors (Lipinski definition) is 0. The summed E-state index contributed by atoms with van der Waals surface area (Å²) in [6, 6.07) is 7.70. The second-order valence-electron chi connectivity index (χ2n) is 9.38. The molecule has 0 aliphatic heterocycles. The number of unbranched alkanes of at least 4 members (excludes halogenated alkanes) is 2. The number of ether oxygens (including phenoxy) is 2. The maximum absolute atomic E-state index is 14.5. The Kier molecular flexibility index (Phi) is 9.36. The van der Waals surface area contributed by atoms with Gasteiger partial charge in [0.05, 0.1) is 5.56 Å². The van der Waals surface area contributed by atoms with E-state index < -0.39 is 29.6 Å². The number of halogens is 6. The van der Waals surface area contributed by atoms with Crippen molar-refractivity contribution in [3.63, 3.8) is 0 Å². The average Bonchev–Trinajstić information content (AvgIpc) is 2.80. The van der Waals surface area contributed by atoms with Crippen LogP contribution in [0, 0.1) is 17.7 Å². The fraction of sp³-hybridized carbons (Fsp3) is 0.556. The topological polar surface area (TPSA) is 18.5 Å². The van der Waals surface area contributed by atoms with Gasteiger partial charge in [0.25, 0.3) is 0 Å². The summed E-state index contributed by atoms with van der Waals surface area (Å²) in [5, 5.41) is 0. The first-order chi connectivity index (χ1) is 16.6. The van der Waals surface area contributed by atoms with Crippen molar-refractivity contribution >= 4 is 0 Å². The number of benzene rings is 2. The molecule has 0 amide bonds. The lowest BCUT2D eigenvalue weighted by Gasteiger charge is -2.28. The fourth-order valence-corrected chi connectivity index (χ4v) is 4.68. The van der Waals surface area contributed by atoms with Crippen LogP contribution in [-0.4, -0.2) is 6.36 Å². The molecular formula is C27H32F6O2. The van der Waals surface area contributed by atoms with Crippen LogP contribution < -0.4 is 9.47 Å². The van der Waals surface area contributed by atoms with Gasteiger partial charge in [0.2, 0.25) is 0 Å². The zero-order valence-corrected chi connectivity index (χ0v) is 19.9. The number of rotatable bonds is 11. The number of alkyl halides is 5. The van der Waals surface area contributed by atoms with E-state index in [1.54, 1.807) is 12.1 Å². The molecule has 2 nitrogen and oxygen atoms in total. The van der Waals surface area contributed by atoms with Crippen LogP contribution in [0.25, 0.3) is 0 Å². The molecule has 0 radical (unpaired) electrons. The van der Waals surface area contributed by atoms with Crippen LogP contribution in [0.4, 0.5) is 26.3 Å². The Bertz CT molecular complexity index is 918. The van der Waals surface area contributed by atoms with E-state index in [9.17, 15) is 26.3 Å². The first-order valence-corrected chi connectivity index (χ1v) is 12.3. The second kappa shape index (κ2) is 12.0. The lowest BCUT2D eigenvalue weighted by molar-refractivity contribution is -0.275. The number of hydrogen-bond acceptors (Lipinski definition) is 2. The summed E-state index contributed by atoms with van der Waals surface area (Å²) >= 11 is 0. The summed E-state index contributed by atoms with van der Waals surface area (Å²) in [7, 11) is 0. The quantitative estimate of drug-likeness (QED) is 0.225. The van der Waals surface area contributed by atoms with Crippen molar-refractivity contribution in [1.82, 2.24) is 0 Å². The molecule has 0 bridgehead atoms. The maximum atomic E-state index is 14.5. The van der Waals surface area contributed by atoms with Crippen molar-refractivity contribution in [3.8, 4) is 11.5 Å². The molecule has 1 aliphatic rings. The van der Waals surface area contributed by atoms with Crippen molar-refractivity contribution in [2.24, 2.45) is 11.8 Å². The third kappa shape index (κ3) is 8.65. The third-order valence-corrected chi connectivity index (χ3v) is 6.69. The molecule has 0 aromatic heterocycles. The first kappa shape index (κ1) is 27.2. The van der Waals surface area contributed by atoms with Gasteiger partial charge in [0, 0.05) is 0 Å². The van der Waals surface area contributed by atoms with Gasteiger partial charge in [-0.25, -0.2) is 4.39 Å². The Balaban J connectivity index is 1.49. The second-order valence-corrected chi connectivity index (χ2v) is 9.38. The molecule has 35 heavy (non-hydrogen) atoms. The van der Waals surface area contributed by atoms with Gasteiger partial charge in [-0.05, 0) is 60.6 Å². The number of aryl methyl sites for hydroxylation is 1. The van der Waals surface area contributed by atoms with E-state index >= 15 is 0 Å². The van der Waals surface area contributed by atoms with Crippen molar-refractivity contribution in [1.29, 1.82) is 0 Å². The Morgan fingerprint density at radius 3 is 2.00 bits per heavy atom. The zero-order valence-electron chi connectivity index (χ0n) is 19.9. The lowest BCUT2D eigenvalue weighted by atomic mass is 9.78. The van der Waals surface area contributed by atoms with Crippen LogP contribution >= 0.6 is 0 Å². The lowest BCUT2D eigenvalue weighted by Crippen LogP contribution is -2.23. The minimum absolute atomic E-state index is 0.123. The molecule has 194 valence electrons. The van der Waals surface area contributed by atoms with E-state index in [-0.39, 0.29) is 11.8 Å². The monoisotopic (exact) mass is 502 g/mol. The molecular weight excluding hydrogens is 470 g/mol. The van der Waals surface area contributed by atoms with Crippen LogP contribution in [-0.2, 0) is 12.5 Å². The van der Waals surface area contributed by atoms with Gasteiger partial charge in [-0.3, -0.25) is 0 Å². The highest BCUT2D eigenvalue weighted by Gasteiger charge is 2.37. The fourth-order valence-electron chi connectivity index (χ4n) is 4.68. The van der Waals surface area contributed by atoms with E-state index in [0.717, 1.165) is 24.3 Å². The van der Waals surface area contributed by atoms with Gasteiger partial charge in [-0.1, -0.05) is 70.4 Å². The van der Waals surface area contributed by atoms with Crippen molar-refractivity contribution in [3.05, 3.63) is 59.4 Å². The average molecular weight is 503 g/mol. The summed E-state index contributed by atoms with van der Waals surface area (Å²) < 4.78 is 87.7. The summed E-state index contributed by atoms with van der Waals surface area (Å²) in [6.45, 7) is 2.22. The summed E-state index contributed by atoms with van der Waals surface area (Å²) in [6.07, 6.45) is 3.15. The molecule has 0 atom stereocenters. The normalized spacial score (nSPS) is 18.9. The Morgan fingerprint density at radius 2 is 1.43 bits per heavy atom. The van der Waals surface area contributed by atoms with Crippen molar-refractivity contribution < 1.29 is 35.8 Å². The third-order valence-electron chi connectivity index (χ3n) is 6.69. The Labute approximate surface area is 202 Å². The Morgan fingerprint density at radius 1 is 0.800 bits per heavy atom. The molecule has 2 aromatic rings. The summed E-state index contributed by atoms with van der Waals surface area (Å²) in [5.41, 5.74) is 0.101. The molecule has 1 saturated carbocycles. The van der Waals surface area contributed by atoms with Crippen LogP contribution in [0.2, 0.25) is 0 Å². The van der Waals surface area contributed by atoms with Crippen LogP contribution in [0.15, 0.2) is 42.5 Å². The van der Waals surface area contributed by atoms with Crippen molar-refractivity contribution in [2.45, 2.75) is 83.6 Å². The minimum Gasteiger partial charge on any atom is -0.429 e. The molecule has 0 spiro atoms. The van der Waals surface area contributed by atoms with Crippen LogP contribution in [0.1, 0.15) is 75.8 Å². The van der Waals surface area contributed by atoms with Crippen LogP contribution in [0.5, 0.6) is 11.5 Å². The molecule has 2 aromatic carbocycles. The van der Waals surface area contributed by atoms with Gasteiger partial charge in [-0.15, -0.1) is 13.2 Å². The summed E-state index contributed by atoms with van der Waals surface area (Å²) in [4.78, 5) is 0. The van der Waals surface area contributed by atoms with E-state index in [0.29, 0.717) is 18.1 Å². The van der Waals surface area contributed by atoms with Gasteiger partial charge in [-0.2, -0.15) is 8.78 Å². The van der Waals surface area contributed by atoms with Gasteiger partial charge in [0.1, 0.15) is 5.75 Å². The molecule has 0 heterocycles. The smallest absolute Gasteiger partial charge is 0.429 e. The SMILES string of the molecule is CCCCCC1CCC(CCc2ccc(OC(F)(F)c3ccc(OC(F)(F)F)c(F)c3)cc2)CC1. The minimum atomic E-state index is -5.13. The highest BCUT2D eigenvalue weighted by atomic mass is 19.4. The molecule has 8 heteroatoms. The van der Waals surface area contributed by atoms with Crippen LogP contribution in [0.3, 0.4) is 0 Å². The van der Waals surface area contributed by atoms with E-state index in [4.69, 9.17) is 4.74 Å². The van der Waals surface area contributed by atoms with E-state index in [2.05, 4.69) is 11.7 Å². The maximum Gasteiger partial charge on any atom is 0.573 e. The molecule has 0 unspecified atom stereocenters. The predicted octanol–water partition coefficient (Wildman–Crippen LogP) is 9.17.